The second-order valence-corrected chi connectivity index (χ2v) is 5.76. The number of H-pyrrole nitrogens is 1. The van der Waals surface area contributed by atoms with Crippen LogP contribution in [-0.2, 0) is 6.42 Å². The van der Waals surface area contributed by atoms with E-state index in [2.05, 4.69) is 20.8 Å². The molecule has 0 radical (unpaired) electrons. The fraction of sp³-hybridized carbons (Fsp3) is 0.375. The first-order valence-corrected chi connectivity index (χ1v) is 7.58. The summed E-state index contributed by atoms with van der Waals surface area (Å²) < 4.78 is 26.7. The van der Waals surface area contributed by atoms with Gasteiger partial charge in [-0.1, -0.05) is 6.07 Å². The number of amides is 2. The van der Waals surface area contributed by atoms with Gasteiger partial charge in [0, 0.05) is 11.6 Å². The minimum Gasteiger partial charge on any atom is -0.332 e. The maximum atomic E-state index is 13.7. The largest absolute Gasteiger partial charge is 0.332 e. The van der Waals surface area contributed by atoms with Crippen molar-refractivity contribution in [2.45, 2.75) is 38.3 Å². The molecule has 1 aromatic heterocycles. The van der Waals surface area contributed by atoms with Gasteiger partial charge in [-0.25, -0.2) is 13.6 Å². The quantitative estimate of drug-likeness (QED) is 0.813. The highest BCUT2D eigenvalue weighted by Crippen LogP contribution is 2.27. The summed E-state index contributed by atoms with van der Waals surface area (Å²) in [6.45, 7) is 1.65. The smallest absolute Gasteiger partial charge is 0.315 e. The van der Waals surface area contributed by atoms with E-state index in [1.807, 2.05) is 0 Å². The second-order valence-electron chi connectivity index (χ2n) is 5.76. The Morgan fingerprint density at radius 1 is 1.43 bits per heavy atom. The molecule has 1 aliphatic rings. The van der Waals surface area contributed by atoms with Crippen LogP contribution in [-0.4, -0.2) is 16.2 Å². The minimum atomic E-state index is -0.675. The fourth-order valence-corrected chi connectivity index (χ4v) is 2.93. The Hall–Kier alpha value is -2.44. The van der Waals surface area contributed by atoms with E-state index < -0.39 is 23.7 Å². The molecule has 2 aromatic rings. The van der Waals surface area contributed by atoms with Gasteiger partial charge in [0.05, 0.1) is 24.0 Å². The summed E-state index contributed by atoms with van der Waals surface area (Å²) in [5.41, 5.74) is 2.28. The van der Waals surface area contributed by atoms with Gasteiger partial charge >= 0.3 is 6.03 Å². The van der Waals surface area contributed by atoms with Crippen LogP contribution in [0.25, 0.3) is 0 Å². The van der Waals surface area contributed by atoms with E-state index in [-0.39, 0.29) is 11.6 Å². The molecule has 0 fully saturated rings. The number of fused-ring (bicyclic) bond motifs is 1. The first-order chi connectivity index (χ1) is 11.0. The van der Waals surface area contributed by atoms with Crippen LogP contribution in [0, 0.1) is 11.6 Å². The third-order valence-corrected chi connectivity index (χ3v) is 4.12. The zero-order chi connectivity index (χ0) is 16.4. The average molecular weight is 320 g/mol. The number of rotatable bonds is 3. The van der Waals surface area contributed by atoms with E-state index in [0.29, 0.717) is 0 Å². The first-order valence-electron chi connectivity index (χ1n) is 7.58. The van der Waals surface area contributed by atoms with Crippen LogP contribution in [0.1, 0.15) is 48.7 Å². The van der Waals surface area contributed by atoms with E-state index in [1.54, 1.807) is 13.1 Å². The van der Waals surface area contributed by atoms with Crippen LogP contribution in [0.5, 0.6) is 0 Å². The highest BCUT2D eigenvalue weighted by molar-refractivity contribution is 5.75. The summed E-state index contributed by atoms with van der Waals surface area (Å²) in [7, 11) is 0. The van der Waals surface area contributed by atoms with Crippen molar-refractivity contribution in [3.8, 4) is 0 Å². The van der Waals surface area contributed by atoms with Gasteiger partial charge in [0.15, 0.2) is 0 Å². The number of urea groups is 1. The van der Waals surface area contributed by atoms with Gasteiger partial charge in [-0.2, -0.15) is 5.10 Å². The average Bonchev–Trinajstić information content (AvgIpc) is 2.96. The van der Waals surface area contributed by atoms with Gasteiger partial charge in [0.1, 0.15) is 11.6 Å². The van der Waals surface area contributed by atoms with Crippen LogP contribution in [0.15, 0.2) is 24.4 Å². The summed E-state index contributed by atoms with van der Waals surface area (Å²) in [5, 5.41) is 12.5. The fourth-order valence-electron chi connectivity index (χ4n) is 2.93. The SMILES string of the molecule is C[C@@H](NC(=O)NC1CCCc2cn[nH]c21)c1ccc(F)cc1F. The molecule has 23 heavy (non-hydrogen) atoms. The Kier molecular flexibility index (Phi) is 4.27. The molecule has 1 unspecified atom stereocenters. The molecule has 3 rings (SSSR count). The molecule has 122 valence electrons. The van der Waals surface area contributed by atoms with Crippen molar-refractivity contribution in [3.05, 3.63) is 52.9 Å². The number of carbonyl (C=O) groups excluding carboxylic acids is 1. The molecule has 2 amide bonds. The highest BCUT2D eigenvalue weighted by Gasteiger charge is 2.24. The van der Waals surface area contributed by atoms with Gasteiger partial charge in [-0.15, -0.1) is 0 Å². The van der Waals surface area contributed by atoms with Crippen molar-refractivity contribution in [1.29, 1.82) is 0 Å². The van der Waals surface area contributed by atoms with Crippen LogP contribution in [0.4, 0.5) is 13.6 Å². The normalized spacial score (nSPS) is 18.1. The molecule has 0 aliphatic heterocycles. The van der Waals surface area contributed by atoms with Crippen LogP contribution in [0.2, 0.25) is 0 Å². The predicted molar refractivity (Wildman–Crippen MR) is 80.7 cm³/mol. The number of benzene rings is 1. The molecule has 0 bridgehead atoms. The molecule has 2 atom stereocenters. The molecule has 0 saturated heterocycles. The van der Waals surface area contributed by atoms with Crippen molar-refractivity contribution >= 4 is 6.03 Å². The van der Waals surface area contributed by atoms with E-state index >= 15 is 0 Å². The molecule has 5 nitrogen and oxygen atoms in total. The molecule has 7 heteroatoms. The van der Waals surface area contributed by atoms with Gasteiger partial charge in [-0.3, -0.25) is 5.10 Å². The van der Waals surface area contributed by atoms with Crippen LogP contribution in [0.3, 0.4) is 0 Å². The summed E-state index contributed by atoms with van der Waals surface area (Å²) in [5.74, 6) is -1.32. The molecule has 1 heterocycles. The third-order valence-electron chi connectivity index (χ3n) is 4.12. The Bertz CT molecular complexity index is 716. The summed E-state index contributed by atoms with van der Waals surface area (Å²) in [6.07, 6.45) is 4.52. The maximum absolute atomic E-state index is 13.7. The molecule has 0 saturated carbocycles. The molecular formula is C16H18F2N4O. The number of nitrogens with zero attached hydrogens (tertiary/aromatic N) is 1. The topological polar surface area (TPSA) is 69.8 Å². The van der Waals surface area contributed by atoms with Crippen molar-refractivity contribution in [3.63, 3.8) is 0 Å². The molecule has 0 spiro atoms. The first kappa shape index (κ1) is 15.5. The Labute approximate surface area is 132 Å². The molecule has 3 N–H and O–H groups in total. The summed E-state index contributed by atoms with van der Waals surface area (Å²) in [6, 6.07) is 2.22. The lowest BCUT2D eigenvalue weighted by molar-refractivity contribution is 0.232. The van der Waals surface area contributed by atoms with Gasteiger partial charge in [0.2, 0.25) is 0 Å². The Balaban J connectivity index is 1.64. The van der Waals surface area contributed by atoms with E-state index in [4.69, 9.17) is 0 Å². The number of nitrogens with one attached hydrogen (secondary N) is 3. The standard InChI is InChI=1S/C16H18F2N4O/c1-9(12-6-5-11(17)7-13(12)18)20-16(23)21-14-4-2-3-10-8-19-22-15(10)14/h5-9,14H,2-4H2,1H3,(H,19,22)(H2,20,21,23)/t9-,14?/m1/s1. The number of hydrogen-bond donors (Lipinski definition) is 3. The zero-order valence-electron chi connectivity index (χ0n) is 12.7. The van der Waals surface area contributed by atoms with Gasteiger partial charge < -0.3 is 10.6 Å². The lowest BCUT2D eigenvalue weighted by atomic mass is 9.94. The second kappa shape index (κ2) is 6.36. The van der Waals surface area contributed by atoms with E-state index in [0.717, 1.165) is 36.6 Å². The van der Waals surface area contributed by atoms with Crippen molar-refractivity contribution < 1.29 is 13.6 Å². The number of aromatic amines is 1. The van der Waals surface area contributed by atoms with Gasteiger partial charge in [0.25, 0.3) is 0 Å². The lowest BCUT2D eigenvalue weighted by Gasteiger charge is -2.24. The molecule has 1 aromatic carbocycles. The minimum absolute atomic E-state index is 0.133. The number of hydrogen-bond acceptors (Lipinski definition) is 2. The van der Waals surface area contributed by atoms with Gasteiger partial charge in [-0.05, 0) is 37.8 Å². The monoisotopic (exact) mass is 320 g/mol. The number of halogens is 2. The molecular weight excluding hydrogens is 302 g/mol. The zero-order valence-corrected chi connectivity index (χ0v) is 12.7. The highest BCUT2D eigenvalue weighted by atomic mass is 19.1. The van der Waals surface area contributed by atoms with E-state index in [9.17, 15) is 13.6 Å². The lowest BCUT2D eigenvalue weighted by Crippen LogP contribution is -2.40. The number of aryl methyl sites for hydroxylation is 1. The summed E-state index contributed by atoms with van der Waals surface area (Å²) >= 11 is 0. The van der Waals surface area contributed by atoms with E-state index in [1.165, 1.54) is 12.1 Å². The van der Waals surface area contributed by atoms with Crippen molar-refractivity contribution in [2.75, 3.05) is 0 Å². The predicted octanol–water partition coefficient (Wildman–Crippen LogP) is 3.13. The number of aromatic nitrogens is 2. The van der Waals surface area contributed by atoms with Crippen molar-refractivity contribution in [2.24, 2.45) is 0 Å². The van der Waals surface area contributed by atoms with Crippen molar-refractivity contribution in [1.82, 2.24) is 20.8 Å². The summed E-state index contributed by atoms with van der Waals surface area (Å²) in [4.78, 5) is 12.2. The van der Waals surface area contributed by atoms with Crippen LogP contribution < -0.4 is 10.6 Å². The van der Waals surface area contributed by atoms with Crippen LogP contribution >= 0.6 is 0 Å². The third kappa shape index (κ3) is 3.33. The molecule has 1 aliphatic carbocycles. The Morgan fingerprint density at radius 2 is 2.26 bits per heavy atom. The number of carbonyl (C=O) groups is 1. The Morgan fingerprint density at radius 3 is 3.04 bits per heavy atom. The maximum Gasteiger partial charge on any atom is 0.315 e.